The molecule has 0 atom stereocenters. The topological polar surface area (TPSA) is 74.9 Å². The Morgan fingerprint density at radius 1 is 1.31 bits per heavy atom. The number of ether oxygens (including phenoxy) is 2. The third-order valence-electron chi connectivity index (χ3n) is 4.29. The first-order valence-corrected chi connectivity index (χ1v) is 10.2. The summed E-state index contributed by atoms with van der Waals surface area (Å²) in [6, 6.07) is 13.0. The maximum Gasteiger partial charge on any atom is 0.266 e. The number of nitriles is 1. The van der Waals surface area contributed by atoms with Crippen molar-refractivity contribution in [3.8, 4) is 17.6 Å². The van der Waals surface area contributed by atoms with E-state index in [2.05, 4.69) is 27.0 Å². The lowest BCUT2D eigenvalue weighted by Gasteiger charge is -2.13. The molecular weight excluding hydrogens is 454 g/mol. The summed E-state index contributed by atoms with van der Waals surface area (Å²) in [5, 5.41) is 9.88. The quantitative estimate of drug-likeness (QED) is 0.602. The molecule has 1 saturated heterocycles. The number of benzene rings is 2. The highest BCUT2D eigenvalue weighted by molar-refractivity contribution is 9.10. The van der Waals surface area contributed by atoms with Gasteiger partial charge in [-0.2, -0.15) is 5.26 Å². The Morgan fingerprint density at radius 2 is 2.07 bits per heavy atom. The van der Waals surface area contributed by atoms with E-state index in [-0.39, 0.29) is 12.5 Å². The van der Waals surface area contributed by atoms with Crippen molar-refractivity contribution >= 4 is 44.8 Å². The van der Waals surface area contributed by atoms with Crippen LogP contribution in [0.1, 0.15) is 16.7 Å². The summed E-state index contributed by atoms with van der Waals surface area (Å²) in [4.78, 5) is 18.6. The largest absolute Gasteiger partial charge is 0.493 e. The van der Waals surface area contributed by atoms with Crippen LogP contribution in [0, 0.1) is 11.3 Å². The molecule has 0 radical (unpaired) electrons. The van der Waals surface area contributed by atoms with Crippen LogP contribution < -0.4 is 9.47 Å². The standard InChI is InChI=1S/C21H18BrN3O3S/c1-24-21-25(2)20(26)19(29-21)9-15-8-17(27-3)18(10-16(15)22)28-12-14-7-5-4-6-13(14)11-23/h4-10H,12H2,1-3H3. The maximum atomic E-state index is 12.4. The SMILES string of the molecule is CN=C1SC(=Cc2cc(OC)c(OCc3ccccc3C#N)cc2Br)C(=O)N1C. The van der Waals surface area contributed by atoms with Crippen molar-refractivity contribution in [2.45, 2.75) is 6.61 Å². The van der Waals surface area contributed by atoms with Gasteiger partial charge in [-0.1, -0.05) is 34.1 Å². The molecule has 29 heavy (non-hydrogen) atoms. The number of amidine groups is 1. The third kappa shape index (κ3) is 4.47. The Morgan fingerprint density at radius 3 is 2.72 bits per heavy atom. The van der Waals surface area contributed by atoms with Gasteiger partial charge in [0.2, 0.25) is 0 Å². The van der Waals surface area contributed by atoms with Crippen molar-refractivity contribution in [2.24, 2.45) is 4.99 Å². The minimum Gasteiger partial charge on any atom is -0.493 e. The highest BCUT2D eigenvalue weighted by Crippen LogP contribution is 2.38. The number of carbonyl (C=O) groups is 1. The van der Waals surface area contributed by atoms with Crippen molar-refractivity contribution < 1.29 is 14.3 Å². The first kappa shape index (κ1) is 21.0. The van der Waals surface area contributed by atoms with Gasteiger partial charge in [0.05, 0.1) is 23.6 Å². The number of hydrogen-bond acceptors (Lipinski definition) is 6. The number of hydrogen-bond donors (Lipinski definition) is 0. The number of halogens is 1. The average Bonchev–Trinajstić information content (AvgIpc) is 3.01. The molecule has 1 heterocycles. The van der Waals surface area contributed by atoms with E-state index in [1.807, 2.05) is 18.2 Å². The number of rotatable bonds is 5. The predicted octanol–water partition coefficient (Wildman–Crippen LogP) is 4.44. The molecule has 1 amide bonds. The van der Waals surface area contributed by atoms with E-state index in [4.69, 9.17) is 9.47 Å². The number of nitrogens with zero attached hydrogens (tertiary/aromatic N) is 3. The smallest absolute Gasteiger partial charge is 0.266 e. The fourth-order valence-electron chi connectivity index (χ4n) is 2.74. The first-order chi connectivity index (χ1) is 14.0. The van der Waals surface area contributed by atoms with Crippen molar-refractivity contribution in [3.63, 3.8) is 0 Å². The van der Waals surface area contributed by atoms with Gasteiger partial charge in [0, 0.05) is 24.1 Å². The van der Waals surface area contributed by atoms with Gasteiger partial charge in [-0.25, -0.2) is 0 Å². The number of amides is 1. The fourth-order valence-corrected chi connectivity index (χ4v) is 4.09. The van der Waals surface area contributed by atoms with Crippen LogP contribution in [-0.2, 0) is 11.4 Å². The number of thioether (sulfide) groups is 1. The monoisotopic (exact) mass is 471 g/mol. The highest BCUT2D eigenvalue weighted by Gasteiger charge is 2.30. The van der Waals surface area contributed by atoms with Gasteiger partial charge in [-0.3, -0.25) is 14.7 Å². The van der Waals surface area contributed by atoms with Crippen LogP contribution in [-0.4, -0.2) is 37.2 Å². The second-order valence-electron chi connectivity index (χ2n) is 6.06. The second kappa shape index (κ2) is 9.16. The summed E-state index contributed by atoms with van der Waals surface area (Å²) < 4.78 is 12.1. The lowest BCUT2D eigenvalue weighted by molar-refractivity contribution is -0.121. The number of likely N-dealkylation sites (N-methyl/N-ethyl adjacent to an activating group) is 1. The Kier molecular flexibility index (Phi) is 6.62. The van der Waals surface area contributed by atoms with E-state index in [0.717, 1.165) is 15.6 Å². The van der Waals surface area contributed by atoms with Crippen LogP contribution in [0.5, 0.6) is 11.5 Å². The van der Waals surface area contributed by atoms with Gasteiger partial charge in [0.25, 0.3) is 5.91 Å². The molecule has 0 unspecified atom stereocenters. The van der Waals surface area contributed by atoms with Gasteiger partial charge in [0.15, 0.2) is 16.7 Å². The van der Waals surface area contributed by atoms with Crippen LogP contribution in [0.3, 0.4) is 0 Å². The van der Waals surface area contributed by atoms with E-state index in [0.29, 0.717) is 27.1 Å². The molecule has 2 aromatic carbocycles. The normalized spacial score (nSPS) is 16.4. The molecule has 0 bridgehead atoms. The van der Waals surface area contributed by atoms with Crippen LogP contribution in [0.15, 0.2) is 50.8 Å². The summed E-state index contributed by atoms with van der Waals surface area (Å²) >= 11 is 4.87. The summed E-state index contributed by atoms with van der Waals surface area (Å²) in [6.07, 6.45) is 1.79. The molecule has 148 valence electrons. The molecule has 0 aliphatic carbocycles. The minimum atomic E-state index is -0.102. The molecule has 0 N–H and O–H groups in total. The lowest BCUT2D eigenvalue weighted by Crippen LogP contribution is -2.23. The van der Waals surface area contributed by atoms with E-state index in [1.165, 1.54) is 16.7 Å². The molecule has 0 spiro atoms. The summed E-state index contributed by atoms with van der Waals surface area (Å²) in [5.41, 5.74) is 2.15. The van der Waals surface area contributed by atoms with Crippen molar-refractivity contribution in [2.75, 3.05) is 21.2 Å². The third-order valence-corrected chi connectivity index (χ3v) is 6.12. The van der Waals surface area contributed by atoms with E-state index < -0.39 is 0 Å². The summed E-state index contributed by atoms with van der Waals surface area (Å²) in [6.45, 7) is 0.239. The molecule has 2 aromatic rings. The summed E-state index contributed by atoms with van der Waals surface area (Å²) in [5.74, 6) is 0.963. The molecule has 1 fully saturated rings. The average molecular weight is 472 g/mol. The first-order valence-electron chi connectivity index (χ1n) is 8.61. The number of methoxy groups -OCH3 is 1. The molecule has 3 rings (SSSR count). The van der Waals surface area contributed by atoms with Crippen LogP contribution in [0.4, 0.5) is 0 Å². The van der Waals surface area contributed by atoms with Crippen molar-refractivity contribution in [3.05, 3.63) is 62.5 Å². The zero-order valence-electron chi connectivity index (χ0n) is 16.1. The maximum absolute atomic E-state index is 12.4. The Bertz CT molecular complexity index is 1060. The van der Waals surface area contributed by atoms with E-state index in [9.17, 15) is 10.1 Å². The van der Waals surface area contributed by atoms with E-state index >= 15 is 0 Å². The van der Waals surface area contributed by atoms with Gasteiger partial charge >= 0.3 is 0 Å². The van der Waals surface area contributed by atoms with Gasteiger partial charge in [-0.05, 0) is 41.6 Å². The Labute approximate surface area is 182 Å². The van der Waals surface area contributed by atoms with Crippen molar-refractivity contribution in [1.29, 1.82) is 5.26 Å². The van der Waals surface area contributed by atoms with Gasteiger partial charge in [-0.15, -0.1) is 0 Å². The van der Waals surface area contributed by atoms with Gasteiger partial charge < -0.3 is 9.47 Å². The number of aliphatic imine (C=N–C) groups is 1. The highest BCUT2D eigenvalue weighted by atomic mass is 79.9. The molecule has 8 heteroatoms. The molecule has 6 nitrogen and oxygen atoms in total. The zero-order valence-corrected chi connectivity index (χ0v) is 18.5. The van der Waals surface area contributed by atoms with Crippen LogP contribution in [0.25, 0.3) is 6.08 Å². The van der Waals surface area contributed by atoms with Crippen LogP contribution in [0.2, 0.25) is 0 Å². The summed E-state index contributed by atoms with van der Waals surface area (Å²) in [7, 11) is 4.91. The lowest BCUT2D eigenvalue weighted by atomic mass is 10.1. The van der Waals surface area contributed by atoms with Crippen molar-refractivity contribution in [1.82, 2.24) is 4.90 Å². The van der Waals surface area contributed by atoms with Gasteiger partial charge in [0.1, 0.15) is 6.61 Å². The Balaban J connectivity index is 1.88. The number of carbonyl (C=O) groups excluding carboxylic acids is 1. The molecule has 1 aliphatic heterocycles. The molecule has 1 aliphatic rings. The second-order valence-corrected chi connectivity index (χ2v) is 7.93. The fraction of sp³-hybridized carbons (Fsp3) is 0.190. The van der Waals surface area contributed by atoms with E-state index in [1.54, 1.807) is 45.5 Å². The minimum absolute atomic E-state index is 0.102. The molecular formula is C21H18BrN3O3S. The predicted molar refractivity (Wildman–Crippen MR) is 118 cm³/mol. The molecule has 0 aromatic heterocycles. The zero-order chi connectivity index (χ0) is 21.0. The van der Waals surface area contributed by atoms with Crippen LogP contribution >= 0.6 is 27.7 Å². The molecule has 0 saturated carbocycles. The Hall–Kier alpha value is -2.76.